The van der Waals surface area contributed by atoms with E-state index < -0.39 is 23.5 Å². The number of carbonyl (C=O) groups excluding carboxylic acids is 1. The zero-order chi connectivity index (χ0) is 14.9. The number of hydrogen-bond donors (Lipinski definition) is 3. The van der Waals surface area contributed by atoms with E-state index >= 15 is 0 Å². The first-order valence-corrected chi connectivity index (χ1v) is 6.60. The Kier molecular flexibility index (Phi) is 3.81. The van der Waals surface area contributed by atoms with E-state index in [4.69, 9.17) is 5.11 Å². The summed E-state index contributed by atoms with van der Waals surface area (Å²) in [6, 6.07) is 7.09. The molecule has 0 spiro atoms. The zero-order valence-corrected chi connectivity index (χ0v) is 11.6. The molecule has 0 aromatic heterocycles. The average Bonchev–Trinajstić information content (AvgIpc) is 2.65. The molecular formula is C15H19NO4. The third-order valence-electron chi connectivity index (χ3n) is 3.70. The van der Waals surface area contributed by atoms with Crippen molar-refractivity contribution in [2.45, 2.75) is 38.8 Å². The lowest BCUT2D eigenvalue weighted by molar-refractivity contribution is -0.149. The van der Waals surface area contributed by atoms with Crippen LogP contribution in [0.25, 0.3) is 0 Å². The molecule has 0 saturated heterocycles. The number of aliphatic hydroxyl groups excluding tert-OH is 1. The number of carbonyl (C=O) groups is 2. The van der Waals surface area contributed by atoms with Crippen molar-refractivity contribution >= 4 is 11.9 Å². The minimum absolute atomic E-state index is 0.117. The standard InChI is InChI=1S/C15H19NO4/c1-15(2,14(19)20)8-12(18)16-13-10-6-4-3-5-9(10)7-11(13)17/h3-6,11,13,17H,7-8H2,1-2H3,(H,16,18)(H,19,20)/t11-,13+/m1/s1. The van der Waals surface area contributed by atoms with Gasteiger partial charge >= 0.3 is 5.97 Å². The Bertz CT molecular complexity index is 538. The summed E-state index contributed by atoms with van der Waals surface area (Å²) in [6.45, 7) is 3.02. The van der Waals surface area contributed by atoms with Crippen LogP contribution in [-0.4, -0.2) is 28.2 Å². The van der Waals surface area contributed by atoms with Gasteiger partial charge in [0.1, 0.15) is 0 Å². The largest absolute Gasteiger partial charge is 0.481 e. The molecule has 1 aliphatic carbocycles. The number of carboxylic acids is 1. The number of aliphatic hydroxyl groups is 1. The van der Waals surface area contributed by atoms with Crippen LogP contribution in [0.15, 0.2) is 24.3 Å². The molecule has 0 fully saturated rings. The van der Waals surface area contributed by atoms with Crippen molar-refractivity contribution in [3.63, 3.8) is 0 Å². The van der Waals surface area contributed by atoms with Crippen molar-refractivity contribution in [1.29, 1.82) is 0 Å². The minimum Gasteiger partial charge on any atom is -0.481 e. The summed E-state index contributed by atoms with van der Waals surface area (Å²) in [5.41, 5.74) is 0.803. The molecule has 2 rings (SSSR count). The Balaban J connectivity index is 2.07. The zero-order valence-electron chi connectivity index (χ0n) is 11.6. The van der Waals surface area contributed by atoms with E-state index in [2.05, 4.69) is 5.32 Å². The third-order valence-corrected chi connectivity index (χ3v) is 3.70. The summed E-state index contributed by atoms with van der Waals surface area (Å²) in [7, 11) is 0. The molecule has 0 radical (unpaired) electrons. The molecule has 1 aromatic carbocycles. The second kappa shape index (κ2) is 5.25. The fourth-order valence-corrected chi connectivity index (χ4v) is 2.45. The summed E-state index contributed by atoms with van der Waals surface area (Å²) in [6.07, 6.45) is -0.277. The maximum atomic E-state index is 12.0. The van der Waals surface area contributed by atoms with E-state index in [0.29, 0.717) is 6.42 Å². The maximum Gasteiger partial charge on any atom is 0.309 e. The molecule has 5 heteroatoms. The molecule has 1 amide bonds. The van der Waals surface area contributed by atoms with Crippen molar-refractivity contribution in [3.05, 3.63) is 35.4 Å². The van der Waals surface area contributed by atoms with Crippen molar-refractivity contribution in [1.82, 2.24) is 5.32 Å². The van der Waals surface area contributed by atoms with Crippen LogP contribution in [0.1, 0.15) is 37.4 Å². The van der Waals surface area contributed by atoms with Gasteiger partial charge in [-0.1, -0.05) is 24.3 Å². The van der Waals surface area contributed by atoms with E-state index in [1.54, 1.807) is 0 Å². The van der Waals surface area contributed by atoms with Crippen LogP contribution in [0.3, 0.4) is 0 Å². The number of fused-ring (bicyclic) bond motifs is 1. The first-order valence-electron chi connectivity index (χ1n) is 6.60. The van der Waals surface area contributed by atoms with Crippen LogP contribution < -0.4 is 5.32 Å². The van der Waals surface area contributed by atoms with Gasteiger partial charge in [0, 0.05) is 12.8 Å². The highest BCUT2D eigenvalue weighted by molar-refractivity contribution is 5.84. The van der Waals surface area contributed by atoms with Crippen LogP contribution in [-0.2, 0) is 16.0 Å². The van der Waals surface area contributed by atoms with Gasteiger partial charge in [0.15, 0.2) is 0 Å². The van der Waals surface area contributed by atoms with Gasteiger partial charge in [-0.05, 0) is 25.0 Å². The SMILES string of the molecule is CC(C)(CC(=O)N[C@H]1c2ccccc2C[C@H]1O)C(=O)O. The molecule has 2 atom stereocenters. The average molecular weight is 277 g/mol. The molecule has 3 N–H and O–H groups in total. The number of hydrogen-bond acceptors (Lipinski definition) is 3. The molecule has 0 saturated carbocycles. The Morgan fingerprint density at radius 2 is 2.00 bits per heavy atom. The van der Waals surface area contributed by atoms with Crippen LogP contribution in [0, 0.1) is 5.41 Å². The van der Waals surface area contributed by atoms with E-state index in [-0.39, 0.29) is 12.3 Å². The van der Waals surface area contributed by atoms with E-state index in [9.17, 15) is 14.7 Å². The van der Waals surface area contributed by atoms with E-state index in [1.807, 2.05) is 24.3 Å². The Labute approximate surface area is 117 Å². The van der Waals surface area contributed by atoms with Crippen LogP contribution >= 0.6 is 0 Å². The van der Waals surface area contributed by atoms with Gasteiger partial charge in [-0.15, -0.1) is 0 Å². The third kappa shape index (κ3) is 2.82. The second-order valence-electron chi connectivity index (χ2n) is 5.88. The lowest BCUT2D eigenvalue weighted by Crippen LogP contribution is -2.38. The summed E-state index contributed by atoms with van der Waals surface area (Å²) >= 11 is 0. The van der Waals surface area contributed by atoms with Crippen molar-refractivity contribution in [2.75, 3.05) is 0 Å². The van der Waals surface area contributed by atoms with Crippen LogP contribution in [0.5, 0.6) is 0 Å². The molecule has 0 unspecified atom stereocenters. The molecule has 0 aliphatic heterocycles. The summed E-state index contributed by atoms with van der Waals surface area (Å²) < 4.78 is 0. The van der Waals surface area contributed by atoms with Gasteiger partial charge in [-0.2, -0.15) is 0 Å². The van der Waals surface area contributed by atoms with Crippen molar-refractivity contribution < 1.29 is 19.8 Å². The minimum atomic E-state index is -1.12. The Morgan fingerprint density at radius 1 is 1.35 bits per heavy atom. The van der Waals surface area contributed by atoms with Gasteiger partial charge in [0.25, 0.3) is 0 Å². The summed E-state index contributed by atoms with van der Waals surface area (Å²) in [5.74, 6) is -1.38. The predicted octanol–water partition coefficient (Wildman–Crippen LogP) is 1.26. The van der Waals surface area contributed by atoms with Crippen molar-refractivity contribution in [3.8, 4) is 0 Å². The molecule has 1 aliphatic rings. The summed E-state index contributed by atoms with van der Waals surface area (Å²) in [5, 5.41) is 21.8. The molecule has 0 heterocycles. The fourth-order valence-electron chi connectivity index (χ4n) is 2.45. The molecule has 20 heavy (non-hydrogen) atoms. The maximum absolute atomic E-state index is 12.0. The highest BCUT2D eigenvalue weighted by Crippen LogP contribution is 2.31. The highest BCUT2D eigenvalue weighted by Gasteiger charge is 2.35. The quantitative estimate of drug-likeness (QED) is 0.773. The number of aliphatic carboxylic acids is 1. The first-order chi connectivity index (χ1) is 9.31. The number of rotatable bonds is 4. The predicted molar refractivity (Wildman–Crippen MR) is 73.1 cm³/mol. The van der Waals surface area contributed by atoms with E-state index in [0.717, 1.165) is 11.1 Å². The van der Waals surface area contributed by atoms with Crippen LogP contribution in [0.2, 0.25) is 0 Å². The van der Waals surface area contributed by atoms with Gasteiger partial charge in [-0.3, -0.25) is 9.59 Å². The van der Waals surface area contributed by atoms with Crippen LogP contribution in [0.4, 0.5) is 0 Å². The molecule has 1 aromatic rings. The summed E-state index contributed by atoms with van der Waals surface area (Å²) in [4.78, 5) is 23.0. The highest BCUT2D eigenvalue weighted by atomic mass is 16.4. The second-order valence-corrected chi connectivity index (χ2v) is 5.88. The van der Waals surface area contributed by atoms with Gasteiger partial charge < -0.3 is 15.5 Å². The fraction of sp³-hybridized carbons (Fsp3) is 0.467. The molecular weight excluding hydrogens is 258 g/mol. The Morgan fingerprint density at radius 3 is 2.65 bits per heavy atom. The normalized spacial score (nSPS) is 21.4. The monoisotopic (exact) mass is 277 g/mol. The lowest BCUT2D eigenvalue weighted by atomic mass is 9.89. The van der Waals surface area contributed by atoms with Crippen molar-refractivity contribution in [2.24, 2.45) is 5.41 Å². The number of nitrogens with one attached hydrogen (secondary N) is 1. The number of benzene rings is 1. The first kappa shape index (κ1) is 14.5. The van der Waals surface area contributed by atoms with Gasteiger partial charge in [-0.25, -0.2) is 0 Å². The molecule has 5 nitrogen and oxygen atoms in total. The topological polar surface area (TPSA) is 86.6 Å². The van der Waals surface area contributed by atoms with E-state index in [1.165, 1.54) is 13.8 Å². The Hall–Kier alpha value is -1.88. The van der Waals surface area contributed by atoms with Gasteiger partial charge in [0.05, 0.1) is 17.6 Å². The lowest BCUT2D eigenvalue weighted by Gasteiger charge is -2.22. The number of amides is 1. The molecule has 0 bridgehead atoms. The smallest absolute Gasteiger partial charge is 0.309 e. The number of carboxylic acid groups (broad SMARTS) is 1. The van der Waals surface area contributed by atoms with Gasteiger partial charge in [0.2, 0.25) is 5.91 Å². The molecule has 108 valence electrons.